The van der Waals surface area contributed by atoms with Crippen molar-refractivity contribution in [2.75, 3.05) is 5.32 Å². The number of carbonyl (C=O) groups is 2. The Morgan fingerprint density at radius 3 is 2.68 bits per heavy atom. The molecule has 0 atom stereocenters. The van der Waals surface area contributed by atoms with Crippen LogP contribution >= 0.6 is 0 Å². The fourth-order valence-electron chi connectivity index (χ4n) is 1.84. The predicted molar refractivity (Wildman–Crippen MR) is 80.1 cm³/mol. The van der Waals surface area contributed by atoms with Gasteiger partial charge in [0.1, 0.15) is 16.9 Å². The molecule has 0 spiro atoms. The van der Waals surface area contributed by atoms with E-state index in [4.69, 9.17) is 9.15 Å². The van der Waals surface area contributed by atoms with Gasteiger partial charge in [-0.3, -0.25) is 5.32 Å². The minimum absolute atomic E-state index is 0.345. The van der Waals surface area contributed by atoms with Gasteiger partial charge in [-0.2, -0.15) is 0 Å². The SMILES string of the molecule is CC(C)(C)OC(=O)Nc1cccc2oc(/C=C/C(=O)[O-])cc12. The first-order chi connectivity index (χ1) is 10.2. The summed E-state index contributed by atoms with van der Waals surface area (Å²) < 4.78 is 10.7. The van der Waals surface area contributed by atoms with Crippen molar-refractivity contribution >= 4 is 34.8 Å². The summed E-state index contributed by atoms with van der Waals surface area (Å²) in [5.41, 5.74) is 0.437. The number of carbonyl (C=O) groups excluding carboxylic acids is 2. The van der Waals surface area contributed by atoms with E-state index in [-0.39, 0.29) is 0 Å². The maximum absolute atomic E-state index is 11.8. The minimum Gasteiger partial charge on any atom is -0.545 e. The Bertz CT molecular complexity index is 737. The van der Waals surface area contributed by atoms with Crippen LogP contribution in [-0.4, -0.2) is 17.7 Å². The fourth-order valence-corrected chi connectivity index (χ4v) is 1.84. The third-order valence-corrected chi connectivity index (χ3v) is 2.60. The molecule has 1 amide bonds. The lowest BCUT2D eigenvalue weighted by Crippen LogP contribution is -2.27. The lowest BCUT2D eigenvalue weighted by Gasteiger charge is -2.19. The fraction of sp³-hybridized carbons (Fsp3) is 0.250. The van der Waals surface area contributed by atoms with Gasteiger partial charge in [0.05, 0.1) is 11.7 Å². The summed E-state index contributed by atoms with van der Waals surface area (Å²) in [5.74, 6) is -0.967. The first kappa shape index (κ1) is 15.6. The summed E-state index contributed by atoms with van der Waals surface area (Å²) in [5, 5.41) is 13.7. The number of nitrogens with one attached hydrogen (secondary N) is 1. The van der Waals surface area contributed by atoms with Gasteiger partial charge in [0.2, 0.25) is 0 Å². The number of ether oxygens (including phenoxy) is 1. The van der Waals surface area contributed by atoms with Gasteiger partial charge in [-0.25, -0.2) is 4.79 Å². The average molecular weight is 302 g/mol. The highest BCUT2D eigenvalue weighted by Crippen LogP contribution is 2.28. The smallest absolute Gasteiger partial charge is 0.412 e. The van der Waals surface area contributed by atoms with Gasteiger partial charge in [-0.1, -0.05) is 6.07 Å². The molecule has 22 heavy (non-hydrogen) atoms. The maximum atomic E-state index is 11.8. The molecule has 0 aliphatic carbocycles. The molecule has 0 aliphatic rings. The number of aliphatic carboxylic acids is 1. The normalized spacial score (nSPS) is 11.8. The van der Waals surface area contributed by atoms with Gasteiger partial charge < -0.3 is 19.1 Å². The Morgan fingerprint density at radius 2 is 2.05 bits per heavy atom. The Balaban J connectivity index is 2.27. The molecular weight excluding hydrogens is 286 g/mol. The van der Waals surface area contributed by atoms with Crippen LogP contribution in [-0.2, 0) is 9.53 Å². The van der Waals surface area contributed by atoms with Crippen LogP contribution in [0.2, 0.25) is 0 Å². The Hall–Kier alpha value is -2.76. The van der Waals surface area contributed by atoms with Crippen molar-refractivity contribution in [3.05, 3.63) is 36.1 Å². The highest BCUT2D eigenvalue weighted by atomic mass is 16.6. The summed E-state index contributed by atoms with van der Waals surface area (Å²) in [6, 6.07) is 6.76. The summed E-state index contributed by atoms with van der Waals surface area (Å²) in [6.45, 7) is 5.32. The highest BCUT2D eigenvalue weighted by Gasteiger charge is 2.17. The number of furan rings is 1. The Kier molecular flexibility index (Phi) is 4.21. The summed E-state index contributed by atoms with van der Waals surface area (Å²) in [4.78, 5) is 22.2. The van der Waals surface area contributed by atoms with Crippen molar-refractivity contribution in [2.24, 2.45) is 0 Å². The molecule has 6 heteroatoms. The third-order valence-electron chi connectivity index (χ3n) is 2.60. The number of anilines is 1. The molecule has 0 bridgehead atoms. The predicted octanol–water partition coefficient (Wildman–Crippen LogP) is 2.54. The molecule has 2 rings (SSSR count). The standard InChI is InChI=1S/C16H17NO5/c1-16(2,3)22-15(20)17-12-5-4-6-13-11(12)9-10(21-13)7-8-14(18)19/h4-9H,1-3H3,(H,17,20)(H,18,19)/p-1/b8-7+. The van der Waals surface area contributed by atoms with Crippen molar-refractivity contribution < 1.29 is 23.8 Å². The molecule has 0 saturated heterocycles. The minimum atomic E-state index is -1.31. The molecule has 116 valence electrons. The number of hydrogen-bond acceptors (Lipinski definition) is 5. The van der Waals surface area contributed by atoms with Gasteiger partial charge in [0.15, 0.2) is 0 Å². The monoisotopic (exact) mass is 302 g/mol. The molecule has 1 heterocycles. The Labute approximate surface area is 127 Å². The number of carboxylic acids is 1. The van der Waals surface area contributed by atoms with E-state index in [2.05, 4.69) is 5.32 Å². The van der Waals surface area contributed by atoms with E-state index in [0.717, 1.165) is 6.08 Å². The van der Waals surface area contributed by atoms with Crippen LogP contribution < -0.4 is 10.4 Å². The van der Waals surface area contributed by atoms with Crippen LogP contribution in [0.25, 0.3) is 17.0 Å². The molecule has 6 nitrogen and oxygen atoms in total. The van der Waals surface area contributed by atoms with E-state index in [1.807, 2.05) is 0 Å². The van der Waals surface area contributed by atoms with Gasteiger partial charge in [-0.05, 0) is 51.1 Å². The first-order valence-electron chi connectivity index (χ1n) is 6.66. The molecule has 1 aromatic carbocycles. The second-order valence-electron chi connectivity index (χ2n) is 5.65. The molecule has 0 fully saturated rings. The molecule has 0 saturated carbocycles. The molecular formula is C16H16NO5-. The number of benzene rings is 1. The van der Waals surface area contributed by atoms with E-state index < -0.39 is 17.7 Å². The molecule has 1 N–H and O–H groups in total. The zero-order valence-corrected chi connectivity index (χ0v) is 12.5. The maximum Gasteiger partial charge on any atom is 0.412 e. The average Bonchev–Trinajstić information content (AvgIpc) is 2.78. The number of carboxylic acid groups (broad SMARTS) is 1. The third kappa shape index (κ3) is 4.12. The van der Waals surface area contributed by atoms with Crippen molar-refractivity contribution in [1.82, 2.24) is 0 Å². The lowest BCUT2D eigenvalue weighted by atomic mass is 10.2. The molecule has 0 radical (unpaired) electrons. The second kappa shape index (κ2) is 5.93. The topological polar surface area (TPSA) is 91.6 Å². The lowest BCUT2D eigenvalue weighted by molar-refractivity contribution is -0.297. The molecule has 0 unspecified atom stereocenters. The Morgan fingerprint density at radius 1 is 1.32 bits per heavy atom. The van der Waals surface area contributed by atoms with Crippen molar-refractivity contribution in [2.45, 2.75) is 26.4 Å². The van der Waals surface area contributed by atoms with Crippen LogP contribution in [0, 0.1) is 0 Å². The van der Waals surface area contributed by atoms with Crippen molar-refractivity contribution in [3.63, 3.8) is 0 Å². The van der Waals surface area contributed by atoms with E-state index in [9.17, 15) is 14.7 Å². The van der Waals surface area contributed by atoms with E-state index in [1.54, 1.807) is 45.0 Å². The summed E-state index contributed by atoms with van der Waals surface area (Å²) in [6.07, 6.45) is 1.58. The van der Waals surface area contributed by atoms with E-state index >= 15 is 0 Å². The van der Waals surface area contributed by atoms with Gasteiger partial charge in [0, 0.05) is 5.39 Å². The van der Waals surface area contributed by atoms with E-state index in [1.165, 1.54) is 6.08 Å². The summed E-state index contributed by atoms with van der Waals surface area (Å²) in [7, 11) is 0. The van der Waals surface area contributed by atoms with Gasteiger partial charge in [-0.15, -0.1) is 0 Å². The van der Waals surface area contributed by atoms with Crippen LogP contribution in [0.5, 0.6) is 0 Å². The van der Waals surface area contributed by atoms with E-state index in [0.29, 0.717) is 22.4 Å². The molecule has 0 aliphatic heterocycles. The van der Waals surface area contributed by atoms with Gasteiger partial charge in [0.25, 0.3) is 0 Å². The van der Waals surface area contributed by atoms with Crippen LogP contribution in [0.4, 0.5) is 10.5 Å². The zero-order chi connectivity index (χ0) is 16.3. The highest BCUT2D eigenvalue weighted by molar-refractivity contribution is 5.99. The number of rotatable bonds is 3. The second-order valence-corrected chi connectivity index (χ2v) is 5.65. The van der Waals surface area contributed by atoms with Crippen LogP contribution in [0.1, 0.15) is 26.5 Å². The number of fused-ring (bicyclic) bond motifs is 1. The van der Waals surface area contributed by atoms with Crippen LogP contribution in [0.15, 0.2) is 34.8 Å². The largest absolute Gasteiger partial charge is 0.545 e. The quantitative estimate of drug-likeness (QED) is 0.880. The number of amides is 1. The van der Waals surface area contributed by atoms with Gasteiger partial charge >= 0.3 is 6.09 Å². The first-order valence-corrected chi connectivity index (χ1v) is 6.66. The number of hydrogen-bond donors (Lipinski definition) is 1. The van der Waals surface area contributed by atoms with Crippen LogP contribution in [0.3, 0.4) is 0 Å². The zero-order valence-electron chi connectivity index (χ0n) is 12.5. The van der Waals surface area contributed by atoms with Crippen molar-refractivity contribution in [1.29, 1.82) is 0 Å². The molecule has 1 aromatic heterocycles. The molecule has 2 aromatic rings. The van der Waals surface area contributed by atoms with Crippen molar-refractivity contribution in [3.8, 4) is 0 Å². The summed E-state index contributed by atoms with van der Waals surface area (Å²) >= 11 is 0.